The van der Waals surface area contributed by atoms with Crippen molar-refractivity contribution in [1.82, 2.24) is 5.32 Å². The van der Waals surface area contributed by atoms with E-state index in [-0.39, 0.29) is 12.1 Å². The molecule has 18 heavy (non-hydrogen) atoms. The van der Waals surface area contributed by atoms with Crippen molar-refractivity contribution < 1.29 is 19.1 Å². The Morgan fingerprint density at radius 2 is 2.11 bits per heavy atom. The lowest BCUT2D eigenvalue weighted by Crippen LogP contribution is -2.34. The number of hydrogen-bond donors (Lipinski definition) is 2. The summed E-state index contributed by atoms with van der Waals surface area (Å²) in [7, 11) is 0. The number of hydrogen-bond acceptors (Lipinski definition) is 2. The predicted octanol–water partition coefficient (Wildman–Crippen LogP) is 1.73. The molecule has 1 aromatic carbocycles. The van der Waals surface area contributed by atoms with Crippen LogP contribution >= 0.6 is 0 Å². The molecule has 0 bridgehead atoms. The van der Waals surface area contributed by atoms with Crippen LogP contribution in [0.1, 0.15) is 28.8 Å². The molecule has 0 atom stereocenters. The Kier molecular flexibility index (Phi) is 3.07. The number of nitrogens with one attached hydrogen (secondary N) is 1. The molecule has 5 heteroatoms. The van der Waals surface area contributed by atoms with E-state index in [4.69, 9.17) is 5.11 Å². The molecule has 2 rings (SSSR count). The second-order valence-electron chi connectivity index (χ2n) is 4.73. The molecule has 1 aliphatic carbocycles. The molecular formula is C13H14FNO3. The van der Waals surface area contributed by atoms with Crippen LogP contribution in [0.15, 0.2) is 18.2 Å². The van der Waals surface area contributed by atoms with Crippen LogP contribution in [0.4, 0.5) is 4.39 Å². The lowest BCUT2D eigenvalue weighted by atomic mass is 10.1. The molecule has 0 spiro atoms. The van der Waals surface area contributed by atoms with Crippen molar-refractivity contribution in [2.24, 2.45) is 5.41 Å². The Balaban J connectivity index is 2.04. The maximum absolute atomic E-state index is 13.0. The molecule has 1 aromatic rings. The van der Waals surface area contributed by atoms with E-state index in [1.54, 1.807) is 6.92 Å². The zero-order valence-electron chi connectivity index (χ0n) is 10.00. The van der Waals surface area contributed by atoms with E-state index < -0.39 is 23.1 Å². The minimum Gasteiger partial charge on any atom is -0.481 e. The number of halogens is 1. The summed E-state index contributed by atoms with van der Waals surface area (Å²) in [5, 5.41) is 11.5. The van der Waals surface area contributed by atoms with Crippen molar-refractivity contribution in [3.8, 4) is 0 Å². The van der Waals surface area contributed by atoms with Crippen LogP contribution in [0.5, 0.6) is 0 Å². The molecule has 96 valence electrons. The van der Waals surface area contributed by atoms with Gasteiger partial charge < -0.3 is 10.4 Å². The van der Waals surface area contributed by atoms with Crippen LogP contribution in [-0.2, 0) is 4.79 Å². The van der Waals surface area contributed by atoms with Crippen molar-refractivity contribution >= 4 is 11.9 Å². The standard InChI is InChI=1S/C13H14FNO3/c1-8-2-3-9(14)6-10(8)11(16)15-7-13(4-5-13)12(17)18/h2-3,6H,4-5,7H2,1H3,(H,15,16)(H,17,18). The van der Waals surface area contributed by atoms with Gasteiger partial charge in [-0.05, 0) is 37.5 Å². The largest absolute Gasteiger partial charge is 0.481 e. The number of carbonyl (C=O) groups excluding carboxylic acids is 1. The van der Waals surface area contributed by atoms with Gasteiger partial charge in [-0.25, -0.2) is 4.39 Å². The number of carboxylic acids is 1. The highest BCUT2D eigenvalue weighted by Gasteiger charge is 2.50. The summed E-state index contributed by atoms with van der Waals surface area (Å²) in [6.45, 7) is 1.80. The third-order valence-electron chi connectivity index (χ3n) is 3.34. The highest BCUT2D eigenvalue weighted by Crippen LogP contribution is 2.45. The summed E-state index contributed by atoms with van der Waals surface area (Å²) in [6, 6.07) is 3.96. The number of aliphatic carboxylic acids is 1. The summed E-state index contributed by atoms with van der Waals surface area (Å²) in [5.41, 5.74) is 0.0990. The Labute approximate surface area is 104 Å². The molecule has 1 saturated carbocycles. The van der Waals surface area contributed by atoms with Crippen molar-refractivity contribution in [2.75, 3.05) is 6.54 Å². The molecule has 0 saturated heterocycles. The van der Waals surface area contributed by atoms with Crippen molar-refractivity contribution in [2.45, 2.75) is 19.8 Å². The van der Waals surface area contributed by atoms with Gasteiger partial charge in [0.25, 0.3) is 5.91 Å². The number of carboxylic acid groups (broad SMARTS) is 1. The van der Waals surface area contributed by atoms with Gasteiger partial charge in [0.2, 0.25) is 0 Å². The van der Waals surface area contributed by atoms with Crippen molar-refractivity contribution in [3.63, 3.8) is 0 Å². The molecule has 0 aromatic heterocycles. The number of aryl methyl sites for hydroxylation is 1. The van der Waals surface area contributed by atoms with Gasteiger partial charge in [-0.1, -0.05) is 6.07 Å². The van der Waals surface area contributed by atoms with Gasteiger partial charge in [0.1, 0.15) is 5.82 Å². The number of rotatable bonds is 4. The topological polar surface area (TPSA) is 66.4 Å². The molecule has 1 aliphatic rings. The van der Waals surface area contributed by atoms with Gasteiger partial charge in [0.05, 0.1) is 5.41 Å². The Bertz CT molecular complexity index is 509. The lowest BCUT2D eigenvalue weighted by molar-refractivity contribution is -0.143. The summed E-state index contributed by atoms with van der Waals surface area (Å²) in [5.74, 6) is -1.80. The van der Waals surface area contributed by atoms with E-state index in [1.165, 1.54) is 12.1 Å². The van der Waals surface area contributed by atoms with E-state index in [1.807, 2.05) is 0 Å². The molecule has 0 radical (unpaired) electrons. The zero-order chi connectivity index (χ0) is 13.3. The summed E-state index contributed by atoms with van der Waals surface area (Å²) < 4.78 is 13.0. The number of carbonyl (C=O) groups is 2. The quantitative estimate of drug-likeness (QED) is 0.856. The van der Waals surface area contributed by atoms with Crippen molar-refractivity contribution in [3.05, 3.63) is 35.1 Å². The Morgan fingerprint density at radius 1 is 1.44 bits per heavy atom. The first-order valence-corrected chi connectivity index (χ1v) is 5.72. The summed E-state index contributed by atoms with van der Waals surface area (Å²) in [4.78, 5) is 22.8. The smallest absolute Gasteiger partial charge is 0.311 e. The van der Waals surface area contributed by atoms with E-state index >= 15 is 0 Å². The SMILES string of the molecule is Cc1ccc(F)cc1C(=O)NCC1(C(=O)O)CC1. The predicted molar refractivity (Wildman–Crippen MR) is 62.8 cm³/mol. The monoisotopic (exact) mass is 251 g/mol. The fourth-order valence-electron chi connectivity index (χ4n) is 1.80. The Morgan fingerprint density at radius 3 is 2.67 bits per heavy atom. The maximum Gasteiger partial charge on any atom is 0.311 e. The van der Waals surface area contributed by atoms with Gasteiger partial charge in [0, 0.05) is 12.1 Å². The number of amides is 1. The fraction of sp³-hybridized carbons (Fsp3) is 0.385. The van der Waals surface area contributed by atoms with Crippen LogP contribution in [0.2, 0.25) is 0 Å². The molecule has 0 heterocycles. The van der Waals surface area contributed by atoms with Gasteiger partial charge >= 0.3 is 5.97 Å². The third-order valence-corrected chi connectivity index (χ3v) is 3.34. The highest BCUT2D eigenvalue weighted by atomic mass is 19.1. The van der Waals surface area contributed by atoms with Crippen LogP contribution in [0.3, 0.4) is 0 Å². The van der Waals surface area contributed by atoms with Crippen molar-refractivity contribution in [1.29, 1.82) is 0 Å². The van der Waals surface area contributed by atoms with E-state index in [2.05, 4.69) is 5.32 Å². The summed E-state index contributed by atoms with van der Waals surface area (Å²) in [6.07, 6.45) is 1.15. The first-order valence-electron chi connectivity index (χ1n) is 5.72. The van der Waals surface area contributed by atoms with Gasteiger partial charge in [0.15, 0.2) is 0 Å². The Hall–Kier alpha value is -1.91. The molecule has 1 fully saturated rings. The van der Waals surface area contributed by atoms with Crippen LogP contribution < -0.4 is 5.32 Å². The van der Waals surface area contributed by atoms with Gasteiger partial charge in [-0.15, -0.1) is 0 Å². The maximum atomic E-state index is 13.0. The highest BCUT2D eigenvalue weighted by molar-refractivity contribution is 5.96. The second-order valence-corrected chi connectivity index (χ2v) is 4.73. The first-order chi connectivity index (χ1) is 8.44. The molecular weight excluding hydrogens is 237 g/mol. The molecule has 2 N–H and O–H groups in total. The van der Waals surface area contributed by atoms with Gasteiger partial charge in [-0.2, -0.15) is 0 Å². The normalized spacial score (nSPS) is 16.1. The average Bonchev–Trinajstić information content (AvgIpc) is 3.10. The molecule has 0 aliphatic heterocycles. The van der Waals surface area contributed by atoms with Gasteiger partial charge in [-0.3, -0.25) is 9.59 Å². The van der Waals surface area contributed by atoms with Crippen LogP contribution in [0, 0.1) is 18.2 Å². The minimum absolute atomic E-state index is 0.0944. The third kappa shape index (κ3) is 2.34. The van der Waals surface area contributed by atoms with Crippen LogP contribution in [0.25, 0.3) is 0 Å². The zero-order valence-corrected chi connectivity index (χ0v) is 10.00. The minimum atomic E-state index is -0.890. The molecule has 1 amide bonds. The first kappa shape index (κ1) is 12.5. The van der Waals surface area contributed by atoms with E-state index in [0.717, 1.165) is 6.07 Å². The lowest BCUT2D eigenvalue weighted by Gasteiger charge is -2.12. The molecule has 0 unspecified atom stereocenters. The second kappa shape index (κ2) is 4.40. The van der Waals surface area contributed by atoms with E-state index in [0.29, 0.717) is 18.4 Å². The van der Waals surface area contributed by atoms with E-state index in [9.17, 15) is 14.0 Å². The summed E-state index contributed by atoms with van der Waals surface area (Å²) >= 11 is 0. The number of benzene rings is 1. The average molecular weight is 251 g/mol. The van der Waals surface area contributed by atoms with Crippen LogP contribution in [-0.4, -0.2) is 23.5 Å². The molecule has 4 nitrogen and oxygen atoms in total. The fourth-order valence-corrected chi connectivity index (χ4v) is 1.80.